The van der Waals surface area contributed by atoms with Crippen LogP contribution in [0, 0.1) is 0 Å². The fourth-order valence-corrected chi connectivity index (χ4v) is 3.97. The fraction of sp³-hybridized carbons (Fsp3) is 0.474. The topological polar surface area (TPSA) is 112 Å². The van der Waals surface area contributed by atoms with Gasteiger partial charge in [-0.25, -0.2) is 23.1 Å². The summed E-state index contributed by atoms with van der Waals surface area (Å²) in [7, 11) is -1.77. The molecule has 0 aliphatic rings. The Morgan fingerprint density at radius 2 is 2.00 bits per heavy atom. The maximum Gasteiger partial charge on any atom is 0.211 e. The number of rotatable bonds is 10. The molecule has 0 aliphatic carbocycles. The van der Waals surface area contributed by atoms with Crippen LogP contribution < -0.4 is 10.5 Å². The second-order valence-electron chi connectivity index (χ2n) is 6.63. The van der Waals surface area contributed by atoms with Crippen molar-refractivity contribution in [2.24, 2.45) is 0 Å². The second kappa shape index (κ2) is 8.85. The molecule has 0 fully saturated rings. The molecule has 8 nitrogen and oxygen atoms in total. The molecule has 3 aromatic rings. The Hall–Kier alpha value is -2.23. The molecule has 9 heteroatoms. The van der Waals surface area contributed by atoms with Gasteiger partial charge in [-0.2, -0.15) is 0 Å². The zero-order valence-electron chi connectivity index (χ0n) is 16.3. The van der Waals surface area contributed by atoms with Gasteiger partial charge in [0, 0.05) is 25.0 Å². The number of ether oxygens (including phenoxy) is 1. The first-order valence-electron chi connectivity index (χ1n) is 9.49. The normalized spacial score (nSPS) is 12.2. The standard InChI is InChI=1S/C19H27N5O3S/c1-3-7-16-23-17-18(14-8-4-5-9-15(14)22-19(17)20)24(16)10-12-27-11-6-13-28(25,26)21-2/h4-5,8-9,21H,3,6-7,10-13H2,1-2H3,(H2,20,22). The van der Waals surface area contributed by atoms with Crippen LogP contribution in [0.4, 0.5) is 5.82 Å². The van der Waals surface area contributed by atoms with Crippen molar-refractivity contribution in [3.8, 4) is 0 Å². The minimum Gasteiger partial charge on any atom is -0.382 e. The highest BCUT2D eigenvalue weighted by Gasteiger charge is 2.16. The molecule has 0 atom stereocenters. The van der Waals surface area contributed by atoms with Gasteiger partial charge in [-0.1, -0.05) is 25.1 Å². The molecule has 0 amide bonds. The molecular weight excluding hydrogens is 378 g/mol. The summed E-state index contributed by atoms with van der Waals surface area (Å²) in [5, 5.41) is 1.02. The van der Waals surface area contributed by atoms with E-state index in [1.54, 1.807) is 0 Å². The van der Waals surface area contributed by atoms with E-state index in [0.29, 0.717) is 32.0 Å². The van der Waals surface area contributed by atoms with Crippen LogP contribution in [-0.2, 0) is 27.7 Å². The molecule has 0 radical (unpaired) electrons. The van der Waals surface area contributed by atoms with Crippen molar-refractivity contribution >= 4 is 37.8 Å². The highest BCUT2D eigenvalue weighted by atomic mass is 32.2. The molecule has 152 valence electrons. The van der Waals surface area contributed by atoms with Gasteiger partial charge in [-0.15, -0.1) is 0 Å². The lowest BCUT2D eigenvalue weighted by atomic mass is 10.2. The van der Waals surface area contributed by atoms with Crippen LogP contribution in [0.5, 0.6) is 0 Å². The second-order valence-corrected chi connectivity index (χ2v) is 8.68. The number of nitrogens with zero attached hydrogens (tertiary/aromatic N) is 3. The van der Waals surface area contributed by atoms with E-state index in [9.17, 15) is 8.42 Å². The average Bonchev–Trinajstić information content (AvgIpc) is 3.04. The molecule has 0 unspecified atom stereocenters. The summed E-state index contributed by atoms with van der Waals surface area (Å²) >= 11 is 0. The number of pyridine rings is 1. The quantitative estimate of drug-likeness (QED) is 0.500. The van der Waals surface area contributed by atoms with Gasteiger partial charge in [0.25, 0.3) is 0 Å². The lowest BCUT2D eigenvalue weighted by molar-refractivity contribution is 0.127. The number of benzene rings is 1. The molecule has 0 aliphatic heterocycles. The van der Waals surface area contributed by atoms with E-state index in [-0.39, 0.29) is 5.75 Å². The van der Waals surface area contributed by atoms with Crippen molar-refractivity contribution in [2.45, 2.75) is 32.7 Å². The summed E-state index contributed by atoms with van der Waals surface area (Å²) in [6.07, 6.45) is 2.26. The summed E-state index contributed by atoms with van der Waals surface area (Å²) in [5.41, 5.74) is 8.71. The number of aryl methyl sites for hydroxylation is 1. The smallest absolute Gasteiger partial charge is 0.211 e. The van der Waals surface area contributed by atoms with Gasteiger partial charge in [0.15, 0.2) is 5.82 Å². The van der Waals surface area contributed by atoms with E-state index >= 15 is 0 Å². The Morgan fingerprint density at radius 3 is 2.75 bits per heavy atom. The lowest BCUT2D eigenvalue weighted by Gasteiger charge is -2.11. The minimum atomic E-state index is -3.19. The Morgan fingerprint density at radius 1 is 1.21 bits per heavy atom. The number of nitrogens with one attached hydrogen (secondary N) is 1. The first kappa shape index (κ1) is 20.5. The van der Waals surface area contributed by atoms with E-state index in [2.05, 4.69) is 21.2 Å². The average molecular weight is 406 g/mol. The third-order valence-electron chi connectivity index (χ3n) is 4.63. The van der Waals surface area contributed by atoms with Crippen LogP contribution in [0.3, 0.4) is 0 Å². The number of anilines is 1. The Labute approximate surface area is 165 Å². The molecule has 2 aromatic heterocycles. The molecule has 1 aromatic carbocycles. The first-order chi connectivity index (χ1) is 13.5. The van der Waals surface area contributed by atoms with Crippen molar-refractivity contribution < 1.29 is 13.2 Å². The highest BCUT2D eigenvalue weighted by molar-refractivity contribution is 7.89. The number of nitrogens with two attached hydrogens (primary N) is 1. The monoisotopic (exact) mass is 405 g/mol. The molecule has 0 spiro atoms. The zero-order valence-corrected chi connectivity index (χ0v) is 17.1. The number of aromatic nitrogens is 3. The van der Waals surface area contributed by atoms with Crippen molar-refractivity contribution in [3.05, 3.63) is 30.1 Å². The van der Waals surface area contributed by atoms with Crippen LogP contribution >= 0.6 is 0 Å². The number of fused-ring (bicyclic) bond motifs is 3. The fourth-order valence-electron chi connectivity index (χ4n) is 3.27. The lowest BCUT2D eigenvalue weighted by Crippen LogP contribution is -2.23. The zero-order chi connectivity index (χ0) is 20.1. The van der Waals surface area contributed by atoms with E-state index in [1.807, 2.05) is 24.3 Å². The van der Waals surface area contributed by atoms with Gasteiger partial charge < -0.3 is 15.0 Å². The van der Waals surface area contributed by atoms with Crippen LogP contribution in [-0.4, -0.2) is 49.0 Å². The van der Waals surface area contributed by atoms with Crippen LogP contribution in [0.1, 0.15) is 25.6 Å². The maximum absolute atomic E-state index is 11.4. The molecule has 0 saturated heterocycles. The predicted octanol–water partition coefficient (Wildman–Crippen LogP) is 2.08. The SMILES string of the molecule is CCCc1nc2c(N)nc3ccccc3c2n1CCOCCCS(=O)(=O)NC. The van der Waals surface area contributed by atoms with E-state index in [1.165, 1.54) is 7.05 Å². The molecule has 3 rings (SSSR count). The summed E-state index contributed by atoms with van der Waals surface area (Å²) in [6.45, 7) is 3.60. The van der Waals surface area contributed by atoms with Gasteiger partial charge in [-0.3, -0.25) is 0 Å². The number of sulfonamides is 1. The van der Waals surface area contributed by atoms with Crippen LogP contribution in [0.15, 0.2) is 24.3 Å². The predicted molar refractivity (Wildman–Crippen MR) is 112 cm³/mol. The Kier molecular flexibility index (Phi) is 6.48. The van der Waals surface area contributed by atoms with E-state index in [4.69, 9.17) is 15.5 Å². The minimum absolute atomic E-state index is 0.0609. The molecular formula is C19H27N5O3S. The largest absolute Gasteiger partial charge is 0.382 e. The van der Waals surface area contributed by atoms with Crippen LogP contribution in [0.25, 0.3) is 21.9 Å². The summed E-state index contributed by atoms with van der Waals surface area (Å²) < 4.78 is 33.0. The molecule has 0 saturated carbocycles. The molecule has 2 heterocycles. The van der Waals surface area contributed by atoms with Crippen molar-refractivity contribution in [1.29, 1.82) is 0 Å². The summed E-state index contributed by atoms with van der Waals surface area (Å²) in [4.78, 5) is 9.22. The van der Waals surface area contributed by atoms with Gasteiger partial charge in [0.05, 0.1) is 23.4 Å². The van der Waals surface area contributed by atoms with E-state index < -0.39 is 10.0 Å². The number of hydrogen-bond acceptors (Lipinski definition) is 6. The number of nitrogen functional groups attached to an aromatic ring is 1. The van der Waals surface area contributed by atoms with Crippen LogP contribution in [0.2, 0.25) is 0 Å². The van der Waals surface area contributed by atoms with Crippen molar-refractivity contribution in [2.75, 3.05) is 31.7 Å². The Balaban J connectivity index is 1.80. The number of hydrogen-bond donors (Lipinski definition) is 2. The van der Waals surface area contributed by atoms with Crippen molar-refractivity contribution in [1.82, 2.24) is 19.3 Å². The van der Waals surface area contributed by atoms with Gasteiger partial charge in [-0.05, 0) is 26.0 Å². The third-order valence-corrected chi connectivity index (χ3v) is 6.08. The maximum atomic E-state index is 11.4. The summed E-state index contributed by atoms with van der Waals surface area (Å²) in [6, 6.07) is 7.90. The molecule has 28 heavy (non-hydrogen) atoms. The van der Waals surface area contributed by atoms with Gasteiger partial charge >= 0.3 is 0 Å². The number of imidazole rings is 1. The molecule has 3 N–H and O–H groups in total. The summed E-state index contributed by atoms with van der Waals surface area (Å²) in [5.74, 6) is 1.46. The first-order valence-corrected chi connectivity index (χ1v) is 11.1. The number of para-hydroxylation sites is 1. The van der Waals surface area contributed by atoms with Gasteiger partial charge in [0.2, 0.25) is 10.0 Å². The van der Waals surface area contributed by atoms with Gasteiger partial charge in [0.1, 0.15) is 11.3 Å². The molecule has 0 bridgehead atoms. The van der Waals surface area contributed by atoms with Crippen molar-refractivity contribution in [3.63, 3.8) is 0 Å². The highest BCUT2D eigenvalue weighted by Crippen LogP contribution is 2.29. The van der Waals surface area contributed by atoms with E-state index in [0.717, 1.165) is 40.6 Å². The Bertz CT molecular complexity index is 1060. The third kappa shape index (κ3) is 4.43.